The first-order valence-corrected chi connectivity index (χ1v) is 9.96. The van der Waals surface area contributed by atoms with Crippen LogP contribution >= 0.6 is 0 Å². The molecule has 5 heteroatoms. The number of amides is 1. The molecule has 0 bridgehead atoms. The average Bonchev–Trinajstić information content (AvgIpc) is 2.45. The lowest BCUT2D eigenvalue weighted by atomic mass is 9.99. The lowest BCUT2D eigenvalue weighted by Gasteiger charge is -2.15. The molecule has 0 aliphatic heterocycles. The number of benzene rings is 1. The number of carbonyl (C=O) groups excluding carboxylic acids is 1. The molecule has 0 heterocycles. The first-order valence-electron chi connectivity index (χ1n) is 7.90. The second-order valence-corrected chi connectivity index (χ2v) is 8.04. The molecule has 1 atom stereocenters. The van der Waals surface area contributed by atoms with Crippen LogP contribution in [0.3, 0.4) is 0 Å². The Morgan fingerprint density at radius 3 is 2.59 bits per heavy atom. The summed E-state index contributed by atoms with van der Waals surface area (Å²) in [5.41, 5.74) is 1.17. The number of nitrogens with one attached hydrogen (secondary N) is 1. The Morgan fingerprint density at radius 2 is 2.00 bits per heavy atom. The van der Waals surface area contributed by atoms with Crippen LogP contribution in [-0.4, -0.2) is 27.1 Å². The lowest BCUT2D eigenvalue weighted by Crippen LogP contribution is -2.29. The molecule has 1 N–H and O–H groups in total. The molecular formula is C17H27NO3S. The van der Waals surface area contributed by atoms with Gasteiger partial charge < -0.3 is 5.32 Å². The first kappa shape index (κ1) is 18.7. The minimum absolute atomic E-state index is 0.0395. The van der Waals surface area contributed by atoms with Gasteiger partial charge in [0.25, 0.3) is 5.91 Å². The zero-order valence-electron chi connectivity index (χ0n) is 13.8. The van der Waals surface area contributed by atoms with Gasteiger partial charge in [-0.25, -0.2) is 8.42 Å². The van der Waals surface area contributed by atoms with E-state index in [-0.39, 0.29) is 11.7 Å². The summed E-state index contributed by atoms with van der Waals surface area (Å²) in [7, 11) is -3.09. The zero-order chi connectivity index (χ0) is 16.6. The van der Waals surface area contributed by atoms with E-state index in [2.05, 4.69) is 19.2 Å². The Hall–Kier alpha value is -1.36. The Morgan fingerprint density at radius 1 is 1.27 bits per heavy atom. The molecule has 0 fully saturated rings. The Kier molecular flexibility index (Phi) is 7.59. The standard InChI is InChI=1S/C17H27NO3S/c1-4-6-8-14(5-2)12-18-17(19)16-10-7-9-15(11-16)13-22(3,20)21/h7,9-11,14H,4-6,8,12-13H2,1-3H3,(H,18,19). The summed E-state index contributed by atoms with van der Waals surface area (Å²) in [6.45, 7) is 4.98. The highest BCUT2D eigenvalue weighted by atomic mass is 32.2. The summed E-state index contributed by atoms with van der Waals surface area (Å²) >= 11 is 0. The fourth-order valence-corrected chi connectivity index (χ4v) is 3.17. The van der Waals surface area contributed by atoms with Crippen molar-refractivity contribution in [3.63, 3.8) is 0 Å². The van der Waals surface area contributed by atoms with E-state index in [1.165, 1.54) is 12.7 Å². The van der Waals surface area contributed by atoms with Gasteiger partial charge in [0.1, 0.15) is 0 Å². The van der Waals surface area contributed by atoms with Crippen LogP contribution in [0, 0.1) is 5.92 Å². The topological polar surface area (TPSA) is 63.2 Å². The van der Waals surface area contributed by atoms with Gasteiger partial charge in [-0.15, -0.1) is 0 Å². The third-order valence-electron chi connectivity index (χ3n) is 3.71. The van der Waals surface area contributed by atoms with E-state index in [4.69, 9.17) is 0 Å². The molecule has 124 valence electrons. The largest absolute Gasteiger partial charge is 0.352 e. The van der Waals surface area contributed by atoms with Gasteiger partial charge >= 0.3 is 0 Å². The van der Waals surface area contributed by atoms with E-state index in [0.29, 0.717) is 23.6 Å². The normalized spacial score (nSPS) is 12.9. The fraction of sp³-hybridized carbons (Fsp3) is 0.588. The van der Waals surface area contributed by atoms with Crippen LogP contribution in [0.25, 0.3) is 0 Å². The molecule has 22 heavy (non-hydrogen) atoms. The van der Waals surface area contributed by atoms with Gasteiger partial charge in [0, 0.05) is 18.4 Å². The quantitative estimate of drug-likeness (QED) is 0.758. The van der Waals surface area contributed by atoms with Crippen LogP contribution < -0.4 is 5.32 Å². The Balaban J connectivity index is 2.63. The van der Waals surface area contributed by atoms with Crippen LogP contribution in [0.2, 0.25) is 0 Å². The fourth-order valence-electron chi connectivity index (χ4n) is 2.39. The minimum atomic E-state index is -3.09. The van der Waals surface area contributed by atoms with Gasteiger partial charge in [-0.3, -0.25) is 4.79 Å². The lowest BCUT2D eigenvalue weighted by molar-refractivity contribution is 0.0945. The zero-order valence-corrected chi connectivity index (χ0v) is 14.6. The molecule has 0 radical (unpaired) electrons. The first-order chi connectivity index (χ1) is 10.4. The molecule has 1 amide bonds. The Labute approximate surface area is 134 Å². The molecular weight excluding hydrogens is 298 g/mol. The van der Waals surface area contributed by atoms with Crippen molar-refractivity contribution in [1.29, 1.82) is 0 Å². The number of hydrogen-bond donors (Lipinski definition) is 1. The van der Waals surface area contributed by atoms with Crippen LogP contribution in [-0.2, 0) is 15.6 Å². The molecule has 0 aromatic heterocycles. The molecule has 1 aromatic rings. The predicted molar refractivity (Wildman–Crippen MR) is 90.6 cm³/mol. The van der Waals surface area contributed by atoms with Gasteiger partial charge in [0.15, 0.2) is 9.84 Å². The van der Waals surface area contributed by atoms with Crippen LogP contribution in [0.1, 0.15) is 55.5 Å². The highest BCUT2D eigenvalue weighted by molar-refractivity contribution is 7.89. The molecule has 1 rings (SSSR count). The van der Waals surface area contributed by atoms with E-state index in [1.807, 2.05) is 0 Å². The number of carbonyl (C=O) groups is 1. The number of hydrogen-bond acceptors (Lipinski definition) is 3. The molecule has 0 aliphatic rings. The van der Waals surface area contributed by atoms with Crippen LogP contribution in [0.4, 0.5) is 0 Å². The summed E-state index contributed by atoms with van der Waals surface area (Å²) in [6.07, 6.45) is 5.71. The van der Waals surface area contributed by atoms with Crippen molar-refractivity contribution in [2.24, 2.45) is 5.92 Å². The SMILES string of the molecule is CCCCC(CC)CNC(=O)c1cccc(CS(C)(=O)=O)c1. The summed E-state index contributed by atoms with van der Waals surface area (Å²) in [4.78, 5) is 12.2. The van der Waals surface area contributed by atoms with Crippen LogP contribution in [0.15, 0.2) is 24.3 Å². The van der Waals surface area contributed by atoms with Crippen molar-refractivity contribution in [3.05, 3.63) is 35.4 Å². The van der Waals surface area contributed by atoms with Crippen molar-refractivity contribution < 1.29 is 13.2 Å². The van der Waals surface area contributed by atoms with Gasteiger partial charge in [0.2, 0.25) is 0 Å². The molecule has 0 aliphatic carbocycles. The molecule has 0 saturated carbocycles. The summed E-state index contributed by atoms with van der Waals surface area (Å²) in [5.74, 6) is 0.329. The van der Waals surface area contributed by atoms with Crippen molar-refractivity contribution in [2.45, 2.75) is 45.3 Å². The summed E-state index contributed by atoms with van der Waals surface area (Å²) in [5, 5.41) is 2.96. The van der Waals surface area contributed by atoms with Gasteiger partial charge in [0.05, 0.1) is 5.75 Å². The maximum absolute atomic E-state index is 12.2. The summed E-state index contributed by atoms with van der Waals surface area (Å²) in [6, 6.07) is 6.83. The van der Waals surface area contributed by atoms with Gasteiger partial charge in [-0.1, -0.05) is 45.2 Å². The van der Waals surface area contributed by atoms with Crippen LogP contribution in [0.5, 0.6) is 0 Å². The van der Waals surface area contributed by atoms with Crippen molar-refractivity contribution in [1.82, 2.24) is 5.32 Å². The Bertz CT molecular complexity index is 581. The molecule has 1 unspecified atom stereocenters. The smallest absolute Gasteiger partial charge is 0.251 e. The highest BCUT2D eigenvalue weighted by Gasteiger charge is 2.11. The second kappa shape index (κ2) is 8.93. The van der Waals surface area contributed by atoms with E-state index < -0.39 is 9.84 Å². The van der Waals surface area contributed by atoms with E-state index >= 15 is 0 Å². The van der Waals surface area contributed by atoms with E-state index in [0.717, 1.165) is 19.3 Å². The van der Waals surface area contributed by atoms with Crippen molar-refractivity contribution in [2.75, 3.05) is 12.8 Å². The molecule has 0 spiro atoms. The van der Waals surface area contributed by atoms with Crippen molar-refractivity contribution in [3.8, 4) is 0 Å². The summed E-state index contributed by atoms with van der Waals surface area (Å²) < 4.78 is 22.7. The van der Waals surface area contributed by atoms with E-state index in [1.54, 1.807) is 24.3 Å². The number of rotatable bonds is 9. The molecule has 0 saturated heterocycles. The molecule has 1 aromatic carbocycles. The average molecular weight is 325 g/mol. The van der Waals surface area contributed by atoms with Gasteiger partial charge in [-0.2, -0.15) is 0 Å². The third kappa shape index (κ3) is 7.07. The monoisotopic (exact) mass is 325 g/mol. The number of unbranched alkanes of at least 4 members (excludes halogenated alkanes) is 1. The van der Waals surface area contributed by atoms with Gasteiger partial charge in [-0.05, 0) is 30.0 Å². The number of sulfone groups is 1. The maximum Gasteiger partial charge on any atom is 0.251 e. The molecule has 4 nitrogen and oxygen atoms in total. The minimum Gasteiger partial charge on any atom is -0.352 e. The highest BCUT2D eigenvalue weighted by Crippen LogP contribution is 2.12. The van der Waals surface area contributed by atoms with Crippen molar-refractivity contribution >= 4 is 15.7 Å². The predicted octanol–water partition coefficient (Wildman–Crippen LogP) is 3.18. The maximum atomic E-state index is 12.2. The second-order valence-electron chi connectivity index (χ2n) is 5.90. The third-order valence-corrected chi connectivity index (χ3v) is 4.57. The van der Waals surface area contributed by atoms with E-state index in [9.17, 15) is 13.2 Å².